The van der Waals surface area contributed by atoms with Gasteiger partial charge in [0.15, 0.2) is 5.65 Å². The van der Waals surface area contributed by atoms with Crippen LogP contribution in [0.3, 0.4) is 0 Å². The zero-order valence-electron chi connectivity index (χ0n) is 17.0. The van der Waals surface area contributed by atoms with E-state index in [1.807, 2.05) is 25.1 Å². The minimum atomic E-state index is -0.441. The number of hydrogen-bond acceptors (Lipinski definition) is 9. The highest BCUT2D eigenvalue weighted by atomic mass is 32.1. The number of thiophene rings is 1. The van der Waals surface area contributed by atoms with E-state index in [2.05, 4.69) is 30.5 Å². The Bertz CT molecular complexity index is 1220. The molecule has 9 nitrogen and oxygen atoms in total. The van der Waals surface area contributed by atoms with E-state index < -0.39 is 6.23 Å². The summed E-state index contributed by atoms with van der Waals surface area (Å²) in [5.74, 6) is 1.43. The van der Waals surface area contributed by atoms with E-state index >= 15 is 0 Å². The van der Waals surface area contributed by atoms with Gasteiger partial charge < -0.3 is 15.2 Å². The first-order valence-corrected chi connectivity index (χ1v) is 10.6. The Labute approximate surface area is 177 Å². The molecule has 0 spiro atoms. The van der Waals surface area contributed by atoms with E-state index in [0.29, 0.717) is 11.5 Å². The van der Waals surface area contributed by atoms with Crippen molar-refractivity contribution in [3.8, 4) is 5.88 Å². The van der Waals surface area contributed by atoms with Gasteiger partial charge in [0.05, 0.1) is 18.7 Å². The third kappa shape index (κ3) is 3.17. The van der Waals surface area contributed by atoms with Gasteiger partial charge in [-0.1, -0.05) is 0 Å². The van der Waals surface area contributed by atoms with Gasteiger partial charge in [0.25, 0.3) is 0 Å². The molecule has 0 aromatic carbocycles. The van der Waals surface area contributed by atoms with Crippen LogP contribution in [-0.4, -0.2) is 62.6 Å². The van der Waals surface area contributed by atoms with Crippen LogP contribution >= 0.6 is 11.3 Å². The summed E-state index contributed by atoms with van der Waals surface area (Å²) in [6.07, 6.45) is 5.53. The molecule has 0 saturated carbocycles. The summed E-state index contributed by atoms with van der Waals surface area (Å²) in [4.78, 5) is 17.6. The average molecular weight is 426 g/mol. The van der Waals surface area contributed by atoms with Crippen molar-refractivity contribution in [1.29, 1.82) is 0 Å². The van der Waals surface area contributed by atoms with Crippen molar-refractivity contribution in [3.63, 3.8) is 0 Å². The second-order valence-electron chi connectivity index (χ2n) is 7.76. The van der Waals surface area contributed by atoms with Crippen molar-refractivity contribution in [3.05, 3.63) is 29.0 Å². The number of H-pyrrole nitrogens is 1. The fraction of sp³-hybridized carbons (Fsp3) is 0.400. The summed E-state index contributed by atoms with van der Waals surface area (Å²) in [6.45, 7) is 0. The zero-order valence-corrected chi connectivity index (χ0v) is 17.8. The highest BCUT2D eigenvalue weighted by Crippen LogP contribution is 2.41. The van der Waals surface area contributed by atoms with Crippen molar-refractivity contribution >= 4 is 44.1 Å². The molecule has 0 amide bonds. The second kappa shape index (κ2) is 7.46. The lowest BCUT2D eigenvalue weighted by Gasteiger charge is -2.30. The normalized spacial score (nSPS) is 17.4. The van der Waals surface area contributed by atoms with Crippen molar-refractivity contribution < 1.29 is 9.84 Å². The topological polar surface area (TPSA) is 112 Å². The number of anilines is 2. The van der Waals surface area contributed by atoms with Crippen LogP contribution < -0.4 is 10.1 Å². The fourth-order valence-corrected chi connectivity index (χ4v) is 5.42. The smallest absolute Gasteiger partial charge is 0.239 e. The summed E-state index contributed by atoms with van der Waals surface area (Å²) < 4.78 is 5.47. The first-order chi connectivity index (χ1) is 14.5. The maximum absolute atomic E-state index is 10.5. The third-order valence-electron chi connectivity index (χ3n) is 5.67. The molecule has 10 heteroatoms. The minimum Gasteiger partial charge on any atom is -0.479 e. The SMILES string of the molecule is COc1nc2[nH]ncc2cc1Nc1ncnc2sc3c(c12)CCC(C(O)N(C)C)C3. The standard InChI is InChI=1S/C20H23N7O2S/c1-27(2)20(28)10-4-5-12-14(7-10)30-19-15(12)17(21-9-22-19)24-13-6-11-8-23-26-16(11)25-18(13)29-3/h6,8-10,20,28H,4-5,7H2,1-3H3,(H,21,22,24)(H,23,25,26). The Morgan fingerprint density at radius 2 is 2.23 bits per heavy atom. The quantitative estimate of drug-likeness (QED) is 0.419. The highest BCUT2D eigenvalue weighted by molar-refractivity contribution is 7.19. The third-order valence-corrected chi connectivity index (χ3v) is 6.83. The number of nitrogens with zero attached hydrogens (tertiary/aromatic N) is 5. The minimum absolute atomic E-state index is 0.220. The Hall–Kier alpha value is -2.82. The Balaban J connectivity index is 1.54. The molecular weight excluding hydrogens is 402 g/mol. The number of aromatic nitrogens is 5. The van der Waals surface area contributed by atoms with E-state index in [4.69, 9.17) is 4.74 Å². The maximum atomic E-state index is 10.5. The van der Waals surface area contributed by atoms with Crippen molar-refractivity contribution in [2.45, 2.75) is 25.5 Å². The van der Waals surface area contributed by atoms with Gasteiger partial charge >= 0.3 is 0 Å². The lowest BCUT2D eigenvalue weighted by Crippen LogP contribution is -2.37. The number of aryl methyl sites for hydroxylation is 1. The van der Waals surface area contributed by atoms with Gasteiger partial charge in [0, 0.05) is 16.2 Å². The number of hydrogen-bond donors (Lipinski definition) is 3. The zero-order chi connectivity index (χ0) is 20.8. The first-order valence-electron chi connectivity index (χ1n) is 9.80. The largest absolute Gasteiger partial charge is 0.479 e. The predicted molar refractivity (Wildman–Crippen MR) is 116 cm³/mol. The maximum Gasteiger partial charge on any atom is 0.239 e. The Morgan fingerprint density at radius 1 is 1.37 bits per heavy atom. The molecule has 0 bridgehead atoms. The molecular formula is C20H23N7O2S. The first kappa shape index (κ1) is 19.2. The van der Waals surface area contributed by atoms with Gasteiger partial charge in [-0.2, -0.15) is 10.1 Å². The molecule has 0 aliphatic heterocycles. The van der Waals surface area contributed by atoms with Crippen LogP contribution in [0.25, 0.3) is 21.3 Å². The van der Waals surface area contributed by atoms with Crippen molar-refractivity contribution in [2.24, 2.45) is 5.92 Å². The number of nitrogens with one attached hydrogen (secondary N) is 2. The number of aliphatic hydroxyl groups excluding tert-OH is 1. The van der Waals surface area contributed by atoms with Crippen LogP contribution in [0.5, 0.6) is 5.88 Å². The summed E-state index contributed by atoms with van der Waals surface area (Å²) >= 11 is 1.69. The summed E-state index contributed by atoms with van der Waals surface area (Å²) in [6, 6.07) is 1.95. The lowest BCUT2D eigenvalue weighted by atomic mass is 9.86. The molecule has 0 saturated heterocycles. The second-order valence-corrected chi connectivity index (χ2v) is 8.85. The van der Waals surface area contributed by atoms with Gasteiger partial charge in [0.2, 0.25) is 5.88 Å². The molecule has 3 N–H and O–H groups in total. The predicted octanol–water partition coefficient (Wildman–Crippen LogP) is 2.70. The average Bonchev–Trinajstić information content (AvgIpc) is 3.35. The molecule has 2 atom stereocenters. The van der Waals surface area contributed by atoms with Gasteiger partial charge in [-0.3, -0.25) is 10.00 Å². The number of methoxy groups -OCH3 is 1. The molecule has 0 radical (unpaired) electrons. The number of aliphatic hydroxyl groups is 1. The Kier molecular flexibility index (Phi) is 4.76. The number of rotatable bonds is 5. The van der Waals surface area contributed by atoms with E-state index in [1.54, 1.807) is 31.0 Å². The molecule has 156 valence electrons. The molecule has 2 unspecified atom stereocenters. The van der Waals surface area contributed by atoms with Crippen LogP contribution in [-0.2, 0) is 12.8 Å². The number of pyridine rings is 1. The van der Waals surface area contributed by atoms with E-state index in [-0.39, 0.29) is 5.92 Å². The molecule has 5 rings (SSSR count). The number of fused-ring (bicyclic) bond motifs is 4. The van der Waals surface area contributed by atoms with E-state index in [0.717, 1.165) is 46.4 Å². The molecule has 0 fully saturated rings. The fourth-order valence-electron chi connectivity index (χ4n) is 4.14. The summed E-state index contributed by atoms with van der Waals surface area (Å²) in [5.41, 5.74) is 2.67. The monoisotopic (exact) mass is 425 g/mol. The number of aromatic amines is 1. The molecule has 30 heavy (non-hydrogen) atoms. The van der Waals surface area contributed by atoms with Crippen LogP contribution in [0.1, 0.15) is 16.9 Å². The summed E-state index contributed by atoms with van der Waals surface area (Å²) in [5, 5.41) is 22.7. The van der Waals surface area contributed by atoms with Gasteiger partial charge in [-0.15, -0.1) is 11.3 Å². The summed E-state index contributed by atoms with van der Waals surface area (Å²) in [7, 11) is 5.42. The van der Waals surface area contributed by atoms with Gasteiger partial charge in [-0.25, -0.2) is 9.97 Å². The van der Waals surface area contributed by atoms with E-state index in [9.17, 15) is 5.11 Å². The molecule has 4 aromatic rings. The Morgan fingerprint density at radius 3 is 3.03 bits per heavy atom. The lowest BCUT2D eigenvalue weighted by molar-refractivity contribution is -0.0142. The number of ether oxygens (including phenoxy) is 1. The molecule has 4 heterocycles. The molecule has 1 aliphatic rings. The van der Waals surface area contributed by atoms with Crippen molar-refractivity contribution in [2.75, 3.05) is 26.5 Å². The highest BCUT2D eigenvalue weighted by Gasteiger charge is 2.30. The van der Waals surface area contributed by atoms with E-state index in [1.165, 1.54) is 10.4 Å². The molecule has 1 aliphatic carbocycles. The van der Waals surface area contributed by atoms with Crippen LogP contribution in [0, 0.1) is 5.92 Å². The van der Waals surface area contributed by atoms with Crippen LogP contribution in [0.4, 0.5) is 11.5 Å². The van der Waals surface area contributed by atoms with Crippen LogP contribution in [0.15, 0.2) is 18.6 Å². The van der Waals surface area contributed by atoms with Gasteiger partial charge in [-0.05, 0) is 45.0 Å². The van der Waals surface area contributed by atoms with Gasteiger partial charge in [0.1, 0.15) is 28.9 Å². The van der Waals surface area contributed by atoms with Crippen LogP contribution in [0.2, 0.25) is 0 Å². The van der Waals surface area contributed by atoms with Crippen molar-refractivity contribution in [1.82, 2.24) is 30.0 Å². The molecule has 4 aromatic heterocycles.